The second-order valence-electron chi connectivity index (χ2n) is 6.11. The van der Waals surface area contributed by atoms with Gasteiger partial charge in [0.05, 0.1) is 0 Å². The first-order valence-electron chi connectivity index (χ1n) is 6.73. The molecule has 1 aromatic carbocycles. The zero-order chi connectivity index (χ0) is 19.0. The van der Waals surface area contributed by atoms with Crippen LogP contribution in [-0.4, -0.2) is 24.1 Å². The van der Waals surface area contributed by atoms with Gasteiger partial charge in [0.25, 0.3) is 0 Å². The Labute approximate surface area is 134 Å². The molecule has 24 heavy (non-hydrogen) atoms. The molecule has 0 unspecified atom stereocenters. The van der Waals surface area contributed by atoms with Crippen molar-refractivity contribution in [2.24, 2.45) is 0 Å². The highest BCUT2D eigenvalue weighted by Gasteiger charge is 2.75. The zero-order valence-corrected chi connectivity index (χ0v) is 13.3. The maximum absolute atomic E-state index is 13.4. The van der Waals surface area contributed by atoms with Gasteiger partial charge in [0.15, 0.2) is 0 Å². The fraction of sp³-hybridized carbons (Fsp3) is 0.533. The van der Waals surface area contributed by atoms with E-state index in [0.29, 0.717) is 17.7 Å². The maximum atomic E-state index is 13.4. The molecule has 0 amide bonds. The molecule has 0 heterocycles. The largest absolute Gasteiger partial charge is 0.510 e. The van der Waals surface area contributed by atoms with E-state index < -0.39 is 35.3 Å². The predicted molar refractivity (Wildman–Crippen MR) is 72.3 cm³/mol. The molecule has 0 fully saturated rings. The molecule has 0 aliphatic heterocycles. The van der Waals surface area contributed by atoms with E-state index in [1.165, 1.54) is 27.7 Å². The summed E-state index contributed by atoms with van der Waals surface area (Å²) in [4.78, 5) is 11.6. The van der Waals surface area contributed by atoms with Gasteiger partial charge in [-0.3, -0.25) is 0 Å². The molecular weight excluding hydrogens is 342 g/mol. The van der Waals surface area contributed by atoms with Crippen molar-refractivity contribution >= 4 is 6.16 Å². The van der Waals surface area contributed by atoms with Gasteiger partial charge in [-0.2, -0.15) is 26.3 Å². The van der Waals surface area contributed by atoms with E-state index in [1.54, 1.807) is 0 Å². The van der Waals surface area contributed by atoms with Crippen LogP contribution < -0.4 is 0 Å². The number of benzene rings is 1. The number of hydrogen-bond acceptors (Lipinski definition) is 3. The molecule has 0 aliphatic carbocycles. The first-order valence-corrected chi connectivity index (χ1v) is 6.73. The summed E-state index contributed by atoms with van der Waals surface area (Å²) in [5.41, 5.74) is -6.98. The van der Waals surface area contributed by atoms with Crippen molar-refractivity contribution in [1.29, 1.82) is 0 Å². The van der Waals surface area contributed by atoms with Crippen LogP contribution in [-0.2, 0) is 15.1 Å². The minimum atomic E-state index is -5.95. The summed E-state index contributed by atoms with van der Waals surface area (Å²) in [5.74, 6) is 0. The number of hydrogen-bond donors (Lipinski definition) is 0. The smallest absolute Gasteiger partial charge is 0.429 e. The van der Waals surface area contributed by atoms with Crippen LogP contribution in [0.4, 0.5) is 31.1 Å². The lowest BCUT2D eigenvalue weighted by molar-refractivity contribution is -0.377. The first kappa shape index (κ1) is 20.1. The van der Waals surface area contributed by atoms with Crippen molar-refractivity contribution in [2.75, 3.05) is 0 Å². The van der Waals surface area contributed by atoms with Crippen molar-refractivity contribution in [2.45, 2.75) is 51.2 Å². The van der Waals surface area contributed by atoms with Crippen molar-refractivity contribution in [3.63, 3.8) is 0 Å². The third-order valence-electron chi connectivity index (χ3n) is 2.88. The molecule has 0 bridgehead atoms. The third kappa shape index (κ3) is 4.12. The van der Waals surface area contributed by atoms with Crippen LogP contribution in [0.15, 0.2) is 24.3 Å². The number of rotatable bonds is 2. The standard InChI is InChI=1S/C15H16F6O3/c1-9-5-7-10(8-6-9)13(14(16,17)18,15(19,20)21)24-11(22)23-12(2,3)4/h5-8H,1-4H3. The van der Waals surface area contributed by atoms with Crippen LogP contribution in [0.5, 0.6) is 0 Å². The summed E-state index contributed by atoms with van der Waals surface area (Å²) in [7, 11) is 0. The SMILES string of the molecule is Cc1ccc(C(OC(=O)OC(C)(C)C)(C(F)(F)F)C(F)(F)F)cc1. The second kappa shape index (κ2) is 6.18. The average Bonchev–Trinajstić information content (AvgIpc) is 2.32. The highest BCUT2D eigenvalue weighted by atomic mass is 19.4. The molecule has 0 aliphatic rings. The van der Waals surface area contributed by atoms with Gasteiger partial charge >= 0.3 is 24.1 Å². The third-order valence-corrected chi connectivity index (χ3v) is 2.88. The number of aryl methyl sites for hydroxylation is 1. The van der Waals surface area contributed by atoms with Gasteiger partial charge in [-0.05, 0) is 27.7 Å². The van der Waals surface area contributed by atoms with Crippen molar-refractivity contribution in [3.05, 3.63) is 35.4 Å². The first-order chi connectivity index (χ1) is 10.6. The van der Waals surface area contributed by atoms with E-state index in [4.69, 9.17) is 0 Å². The Morgan fingerprint density at radius 2 is 1.25 bits per heavy atom. The Hall–Kier alpha value is -1.93. The van der Waals surface area contributed by atoms with E-state index in [0.717, 1.165) is 12.1 Å². The Morgan fingerprint density at radius 1 is 0.833 bits per heavy atom. The minimum absolute atomic E-state index is 0.439. The molecule has 1 aromatic rings. The molecule has 0 N–H and O–H groups in total. The number of alkyl halides is 6. The topological polar surface area (TPSA) is 35.5 Å². The van der Waals surface area contributed by atoms with E-state index in [2.05, 4.69) is 9.47 Å². The molecule has 3 nitrogen and oxygen atoms in total. The zero-order valence-electron chi connectivity index (χ0n) is 13.3. The highest BCUT2D eigenvalue weighted by molar-refractivity contribution is 5.62. The number of carbonyl (C=O) groups is 1. The molecule has 0 radical (unpaired) electrons. The van der Waals surface area contributed by atoms with Gasteiger partial charge in [-0.25, -0.2) is 4.79 Å². The van der Waals surface area contributed by atoms with Crippen molar-refractivity contribution in [1.82, 2.24) is 0 Å². The van der Waals surface area contributed by atoms with Crippen LogP contribution in [0.25, 0.3) is 0 Å². The van der Waals surface area contributed by atoms with Crippen LogP contribution in [0.1, 0.15) is 31.9 Å². The quantitative estimate of drug-likeness (QED) is 0.534. The average molecular weight is 358 g/mol. The molecule has 0 saturated heterocycles. The van der Waals surface area contributed by atoms with Crippen LogP contribution >= 0.6 is 0 Å². The molecule has 1 rings (SSSR count). The number of ether oxygens (including phenoxy) is 2. The lowest BCUT2D eigenvalue weighted by Crippen LogP contribution is -2.57. The summed E-state index contributed by atoms with van der Waals surface area (Å²) in [6, 6.07) is 3.33. The van der Waals surface area contributed by atoms with Gasteiger partial charge in [0, 0.05) is 5.56 Å². The van der Waals surface area contributed by atoms with E-state index in [-0.39, 0.29) is 0 Å². The summed E-state index contributed by atoms with van der Waals surface area (Å²) in [6.45, 7) is 5.33. The van der Waals surface area contributed by atoms with E-state index >= 15 is 0 Å². The molecule has 9 heteroatoms. The monoisotopic (exact) mass is 358 g/mol. The van der Waals surface area contributed by atoms with E-state index in [9.17, 15) is 31.1 Å². The van der Waals surface area contributed by atoms with Gasteiger partial charge in [0.2, 0.25) is 0 Å². The molecule has 0 saturated carbocycles. The highest BCUT2D eigenvalue weighted by Crippen LogP contribution is 2.53. The summed E-state index contributed by atoms with van der Waals surface area (Å²) < 4.78 is 88.7. The van der Waals surface area contributed by atoms with Crippen LogP contribution in [0.3, 0.4) is 0 Å². The molecule has 0 aromatic heterocycles. The van der Waals surface area contributed by atoms with Gasteiger partial charge in [-0.1, -0.05) is 29.8 Å². The minimum Gasteiger partial charge on any atom is -0.429 e. The second-order valence-corrected chi connectivity index (χ2v) is 6.11. The number of halogens is 6. The molecule has 136 valence electrons. The fourth-order valence-electron chi connectivity index (χ4n) is 1.85. The Balaban J connectivity index is 3.50. The maximum Gasteiger partial charge on any atom is 0.510 e. The van der Waals surface area contributed by atoms with Gasteiger partial charge in [0.1, 0.15) is 5.60 Å². The van der Waals surface area contributed by atoms with Gasteiger partial charge < -0.3 is 9.47 Å². The normalized spacial score (nSPS) is 13.6. The predicted octanol–water partition coefficient (Wildman–Crippen LogP) is 5.27. The van der Waals surface area contributed by atoms with Crippen molar-refractivity contribution < 1.29 is 40.6 Å². The molecular formula is C15H16F6O3. The van der Waals surface area contributed by atoms with Crippen LogP contribution in [0.2, 0.25) is 0 Å². The Morgan fingerprint density at radius 3 is 1.58 bits per heavy atom. The van der Waals surface area contributed by atoms with Crippen molar-refractivity contribution in [3.8, 4) is 0 Å². The van der Waals surface area contributed by atoms with Gasteiger partial charge in [-0.15, -0.1) is 0 Å². The summed E-state index contributed by atoms with van der Waals surface area (Å²) >= 11 is 0. The van der Waals surface area contributed by atoms with E-state index in [1.807, 2.05) is 0 Å². The molecule has 0 spiro atoms. The summed E-state index contributed by atoms with van der Waals surface area (Å²) in [6.07, 6.45) is -14.0. The number of carbonyl (C=O) groups excluding carboxylic acids is 1. The van der Waals surface area contributed by atoms with Crippen LogP contribution in [0, 0.1) is 6.92 Å². The Kier molecular flexibility index (Phi) is 5.18. The molecule has 0 atom stereocenters. The Bertz CT molecular complexity index is 567. The lowest BCUT2D eigenvalue weighted by atomic mass is 9.91. The fourth-order valence-corrected chi connectivity index (χ4v) is 1.85. The lowest BCUT2D eigenvalue weighted by Gasteiger charge is -2.37. The summed E-state index contributed by atoms with van der Waals surface area (Å²) in [5, 5.41) is 0.